The Hall–Kier alpha value is -1.21. The quantitative estimate of drug-likeness (QED) is 0.670. The minimum absolute atomic E-state index is 0.00906. The largest absolute Gasteiger partial charge is 0.383 e. The van der Waals surface area contributed by atoms with Crippen molar-refractivity contribution >= 4 is 22.6 Å². The second kappa shape index (κ2) is 7.97. The van der Waals surface area contributed by atoms with Crippen molar-refractivity contribution in [3.05, 3.63) is 5.82 Å². The lowest BCUT2D eigenvalue weighted by atomic mass is 10.4. The number of ether oxygens (including phenoxy) is 1. The van der Waals surface area contributed by atoms with Gasteiger partial charge in [-0.3, -0.25) is 4.79 Å². The highest BCUT2D eigenvalue weighted by atomic mass is 32.1. The van der Waals surface area contributed by atoms with E-state index in [0.717, 1.165) is 17.4 Å². The summed E-state index contributed by atoms with van der Waals surface area (Å²) in [6, 6.07) is 0. The molecule has 0 aliphatic rings. The van der Waals surface area contributed by atoms with E-state index in [2.05, 4.69) is 20.0 Å². The van der Waals surface area contributed by atoms with E-state index in [1.807, 2.05) is 6.92 Å². The summed E-state index contributed by atoms with van der Waals surface area (Å²) >= 11 is 1.32. The number of nitrogens with one attached hydrogen (secondary N) is 2. The van der Waals surface area contributed by atoms with Gasteiger partial charge in [-0.05, 0) is 0 Å². The molecule has 2 N–H and O–H groups in total. The fourth-order valence-corrected chi connectivity index (χ4v) is 1.81. The molecule has 0 aliphatic heterocycles. The summed E-state index contributed by atoms with van der Waals surface area (Å²) in [7, 11) is 1.61. The number of aromatic nitrogens is 2. The molecule has 1 aromatic rings. The maximum absolute atomic E-state index is 11.3. The predicted octanol–water partition coefficient (Wildman–Crippen LogP) is 0.665. The number of aryl methyl sites for hydroxylation is 1. The van der Waals surface area contributed by atoms with E-state index < -0.39 is 0 Å². The highest BCUT2D eigenvalue weighted by Crippen LogP contribution is 2.10. The van der Waals surface area contributed by atoms with Gasteiger partial charge < -0.3 is 15.4 Å². The first kappa shape index (κ1) is 13.9. The molecule has 0 aromatic carbocycles. The van der Waals surface area contributed by atoms with Crippen molar-refractivity contribution in [2.75, 3.05) is 32.1 Å². The van der Waals surface area contributed by atoms with Gasteiger partial charge in [-0.2, -0.15) is 4.37 Å². The first-order chi connectivity index (χ1) is 8.26. The molecule has 96 valence electrons. The molecule has 0 atom stereocenters. The number of hydrogen-bond donors (Lipinski definition) is 2. The molecule has 0 unspecified atom stereocenters. The van der Waals surface area contributed by atoms with Gasteiger partial charge >= 0.3 is 0 Å². The fourth-order valence-electron chi connectivity index (χ4n) is 1.13. The van der Waals surface area contributed by atoms with Crippen molar-refractivity contribution in [3.8, 4) is 0 Å². The van der Waals surface area contributed by atoms with Crippen LogP contribution in [0.15, 0.2) is 0 Å². The van der Waals surface area contributed by atoms with Crippen LogP contribution >= 0.6 is 11.5 Å². The van der Waals surface area contributed by atoms with Crippen LogP contribution in [0.5, 0.6) is 0 Å². The van der Waals surface area contributed by atoms with Gasteiger partial charge in [0, 0.05) is 44.6 Å². The van der Waals surface area contributed by atoms with Gasteiger partial charge in [0.25, 0.3) is 0 Å². The van der Waals surface area contributed by atoms with Crippen LogP contribution < -0.4 is 10.6 Å². The molecule has 0 spiro atoms. The second-order valence-corrected chi connectivity index (χ2v) is 4.14. The summed E-state index contributed by atoms with van der Waals surface area (Å²) in [6.45, 7) is 3.66. The molecule has 0 saturated heterocycles. The average Bonchev–Trinajstić information content (AvgIpc) is 2.77. The van der Waals surface area contributed by atoms with Crippen LogP contribution in [0.1, 0.15) is 19.2 Å². The molecule has 1 aromatic heterocycles. The van der Waals surface area contributed by atoms with Gasteiger partial charge in [-0.15, -0.1) is 0 Å². The monoisotopic (exact) mass is 258 g/mol. The van der Waals surface area contributed by atoms with Crippen LogP contribution in [-0.2, 0) is 16.0 Å². The molecule has 1 rings (SSSR count). The Kier molecular flexibility index (Phi) is 6.49. The molecule has 6 nitrogen and oxygen atoms in total. The third-order valence-corrected chi connectivity index (χ3v) is 2.75. The molecule has 0 saturated carbocycles. The van der Waals surface area contributed by atoms with E-state index in [1.54, 1.807) is 7.11 Å². The standard InChI is InChI=1S/C10H18N4O2S/c1-3-8-13-10(17-14-8)12-5-4-9(15)11-6-7-16-2/h3-7H2,1-2H3,(H,11,15)(H,12,13,14). The lowest BCUT2D eigenvalue weighted by Crippen LogP contribution is -2.28. The number of carbonyl (C=O) groups is 1. The summed E-state index contributed by atoms with van der Waals surface area (Å²) < 4.78 is 8.98. The van der Waals surface area contributed by atoms with Gasteiger partial charge in [0.15, 0.2) is 0 Å². The number of hydrogen-bond acceptors (Lipinski definition) is 6. The molecule has 17 heavy (non-hydrogen) atoms. The van der Waals surface area contributed by atoms with Crippen molar-refractivity contribution in [1.29, 1.82) is 0 Å². The smallest absolute Gasteiger partial charge is 0.221 e. The third kappa shape index (κ3) is 5.60. The first-order valence-corrected chi connectivity index (χ1v) is 6.35. The van der Waals surface area contributed by atoms with Crippen LogP contribution in [0, 0.1) is 0 Å². The Balaban J connectivity index is 2.12. The van der Waals surface area contributed by atoms with E-state index in [9.17, 15) is 4.79 Å². The Labute approximate surface area is 105 Å². The normalized spacial score (nSPS) is 10.2. The lowest BCUT2D eigenvalue weighted by Gasteiger charge is -2.04. The molecular weight excluding hydrogens is 240 g/mol. The molecule has 0 aliphatic carbocycles. The summed E-state index contributed by atoms with van der Waals surface area (Å²) in [5.74, 6) is 0.844. The van der Waals surface area contributed by atoms with Crippen LogP contribution in [0.2, 0.25) is 0 Å². The Morgan fingerprint density at radius 2 is 2.29 bits per heavy atom. The summed E-state index contributed by atoms with van der Waals surface area (Å²) in [5.41, 5.74) is 0. The highest BCUT2D eigenvalue weighted by Gasteiger charge is 2.03. The van der Waals surface area contributed by atoms with Gasteiger partial charge in [-0.1, -0.05) is 6.92 Å². The lowest BCUT2D eigenvalue weighted by molar-refractivity contribution is -0.121. The van der Waals surface area contributed by atoms with Gasteiger partial charge in [0.2, 0.25) is 11.0 Å². The molecule has 7 heteroatoms. The topological polar surface area (TPSA) is 76.1 Å². The second-order valence-electron chi connectivity index (χ2n) is 3.39. The molecule has 1 heterocycles. The number of anilines is 1. The zero-order chi connectivity index (χ0) is 12.5. The maximum atomic E-state index is 11.3. The fraction of sp³-hybridized carbons (Fsp3) is 0.700. The minimum atomic E-state index is 0.00906. The molecular formula is C10H18N4O2S. The maximum Gasteiger partial charge on any atom is 0.221 e. The van der Waals surface area contributed by atoms with Crippen LogP contribution in [-0.4, -0.2) is 42.1 Å². The van der Waals surface area contributed by atoms with Crippen molar-refractivity contribution in [3.63, 3.8) is 0 Å². The SMILES string of the molecule is CCc1nsc(NCCC(=O)NCCOC)n1. The summed E-state index contributed by atoms with van der Waals surface area (Å²) in [4.78, 5) is 15.6. The Morgan fingerprint density at radius 1 is 1.47 bits per heavy atom. The third-order valence-electron chi connectivity index (χ3n) is 2.04. The zero-order valence-electron chi connectivity index (χ0n) is 10.2. The van der Waals surface area contributed by atoms with E-state index in [4.69, 9.17) is 4.74 Å². The van der Waals surface area contributed by atoms with E-state index in [-0.39, 0.29) is 5.91 Å². The van der Waals surface area contributed by atoms with E-state index >= 15 is 0 Å². The molecule has 1 amide bonds. The van der Waals surface area contributed by atoms with Crippen LogP contribution in [0.3, 0.4) is 0 Å². The summed E-state index contributed by atoms with van der Waals surface area (Å²) in [6.07, 6.45) is 1.25. The summed E-state index contributed by atoms with van der Waals surface area (Å²) in [5, 5.41) is 6.59. The number of carbonyl (C=O) groups excluding carboxylic acids is 1. The minimum Gasteiger partial charge on any atom is -0.383 e. The Morgan fingerprint density at radius 3 is 2.94 bits per heavy atom. The van der Waals surface area contributed by atoms with Crippen molar-refractivity contribution in [2.24, 2.45) is 0 Å². The van der Waals surface area contributed by atoms with Crippen molar-refractivity contribution in [2.45, 2.75) is 19.8 Å². The van der Waals surface area contributed by atoms with Crippen LogP contribution in [0.25, 0.3) is 0 Å². The van der Waals surface area contributed by atoms with Crippen molar-refractivity contribution < 1.29 is 9.53 Å². The van der Waals surface area contributed by atoms with Gasteiger partial charge in [0.1, 0.15) is 5.82 Å². The predicted molar refractivity (Wildman–Crippen MR) is 67.3 cm³/mol. The van der Waals surface area contributed by atoms with Crippen molar-refractivity contribution in [1.82, 2.24) is 14.7 Å². The number of rotatable bonds is 8. The highest BCUT2D eigenvalue weighted by molar-refractivity contribution is 7.09. The first-order valence-electron chi connectivity index (χ1n) is 5.58. The van der Waals surface area contributed by atoms with E-state index in [0.29, 0.717) is 26.1 Å². The van der Waals surface area contributed by atoms with E-state index in [1.165, 1.54) is 11.5 Å². The zero-order valence-corrected chi connectivity index (χ0v) is 11.0. The number of methoxy groups -OCH3 is 1. The molecule has 0 fully saturated rings. The molecule has 0 radical (unpaired) electrons. The van der Waals surface area contributed by atoms with Gasteiger partial charge in [-0.25, -0.2) is 4.98 Å². The number of amides is 1. The van der Waals surface area contributed by atoms with Crippen LogP contribution in [0.4, 0.5) is 5.13 Å². The van der Waals surface area contributed by atoms with Gasteiger partial charge in [0.05, 0.1) is 6.61 Å². The Bertz CT molecular complexity index is 343. The average molecular weight is 258 g/mol. The number of nitrogens with zero attached hydrogens (tertiary/aromatic N) is 2. The molecule has 0 bridgehead atoms.